The van der Waals surface area contributed by atoms with Crippen LogP contribution in [-0.4, -0.2) is 9.38 Å². The minimum absolute atomic E-state index is 0.256. The van der Waals surface area contributed by atoms with Crippen LogP contribution in [0.25, 0.3) is 38.6 Å². The van der Waals surface area contributed by atoms with Gasteiger partial charge in [0.05, 0.1) is 17.2 Å². The molecule has 0 saturated heterocycles. The van der Waals surface area contributed by atoms with Crippen molar-refractivity contribution in [2.24, 2.45) is 5.41 Å². The number of pyridine rings is 1. The molecule has 5 rings (SSSR count). The molecule has 2 heterocycles. The van der Waals surface area contributed by atoms with E-state index in [1.54, 1.807) is 0 Å². The Hall–Kier alpha value is -3.13. The van der Waals surface area contributed by atoms with Crippen molar-refractivity contribution in [3.8, 4) is 11.4 Å². The Labute approximate surface area is 178 Å². The Bertz CT molecular complexity index is 1390. The Balaban J connectivity index is 1.92. The SMILES string of the molecule is Cc1cccc(C)c1-c1ncc2c3ccccc3c3cc(CC(C)(C)C)ccc3n12. The molecule has 5 aromatic rings. The molecule has 150 valence electrons. The van der Waals surface area contributed by atoms with Gasteiger partial charge in [-0.15, -0.1) is 0 Å². The van der Waals surface area contributed by atoms with E-state index in [1.165, 1.54) is 49.4 Å². The highest BCUT2D eigenvalue weighted by atomic mass is 15.0. The zero-order valence-corrected chi connectivity index (χ0v) is 18.5. The van der Waals surface area contributed by atoms with Crippen LogP contribution in [0.1, 0.15) is 37.5 Å². The number of hydrogen-bond acceptors (Lipinski definition) is 1. The molecule has 0 unspecified atom stereocenters. The summed E-state index contributed by atoms with van der Waals surface area (Å²) in [5.74, 6) is 1.03. The second-order valence-corrected chi connectivity index (χ2v) is 9.70. The summed E-state index contributed by atoms with van der Waals surface area (Å²) in [6.07, 6.45) is 3.09. The lowest BCUT2D eigenvalue weighted by atomic mass is 9.87. The van der Waals surface area contributed by atoms with E-state index < -0.39 is 0 Å². The van der Waals surface area contributed by atoms with Crippen molar-refractivity contribution >= 4 is 27.2 Å². The first-order chi connectivity index (χ1) is 14.3. The van der Waals surface area contributed by atoms with Crippen LogP contribution in [0, 0.1) is 19.3 Å². The molecule has 2 heteroatoms. The highest BCUT2D eigenvalue weighted by Gasteiger charge is 2.18. The maximum Gasteiger partial charge on any atom is 0.145 e. The van der Waals surface area contributed by atoms with E-state index in [-0.39, 0.29) is 5.41 Å². The Morgan fingerprint density at radius 2 is 1.47 bits per heavy atom. The quantitative estimate of drug-likeness (QED) is 0.284. The van der Waals surface area contributed by atoms with Gasteiger partial charge in [-0.05, 0) is 59.9 Å². The monoisotopic (exact) mass is 392 g/mol. The molecule has 0 bridgehead atoms. The molecule has 30 heavy (non-hydrogen) atoms. The van der Waals surface area contributed by atoms with Gasteiger partial charge in [0.15, 0.2) is 0 Å². The highest BCUT2D eigenvalue weighted by molar-refractivity contribution is 6.13. The fraction of sp³-hybridized carbons (Fsp3) is 0.250. The van der Waals surface area contributed by atoms with Gasteiger partial charge in [0.1, 0.15) is 5.82 Å². The van der Waals surface area contributed by atoms with Gasteiger partial charge < -0.3 is 0 Å². The maximum absolute atomic E-state index is 4.93. The Morgan fingerprint density at radius 3 is 2.17 bits per heavy atom. The molecule has 0 saturated carbocycles. The summed E-state index contributed by atoms with van der Waals surface area (Å²) in [6.45, 7) is 11.2. The Kier molecular flexibility index (Phi) is 4.21. The molecular formula is C28H28N2. The molecular weight excluding hydrogens is 364 g/mol. The van der Waals surface area contributed by atoms with Crippen LogP contribution in [-0.2, 0) is 6.42 Å². The second-order valence-electron chi connectivity index (χ2n) is 9.70. The number of aromatic nitrogens is 2. The van der Waals surface area contributed by atoms with E-state index in [1.807, 2.05) is 6.20 Å². The summed E-state index contributed by atoms with van der Waals surface area (Å²) in [4.78, 5) is 4.93. The van der Waals surface area contributed by atoms with Crippen LogP contribution >= 0.6 is 0 Å². The highest BCUT2D eigenvalue weighted by Crippen LogP contribution is 2.36. The van der Waals surface area contributed by atoms with Crippen LogP contribution in [0.3, 0.4) is 0 Å². The summed E-state index contributed by atoms with van der Waals surface area (Å²) < 4.78 is 2.36. The van der Waals surface area contributed by atoms with Gasteiger partial charge in [-0.2, -0.15) is 0 Å². The number of hydrogen-bond donors (Lipinski definition) is 0. The summed E-state index contributed by atoms with van der Waals surface area (Å²) in [5.41, 5.74) is 7.77. The van der Waals surface area contributed by atoms with Crippen molar-refractivity contribution in [2.75, 3.05) is 0 Å². The summed E-state index contributed by atoms with van der Waals surface area (Å²) in [7, 11) is 0. The fourth-order valence-corrected chi connectivity index (χ4v) is 4.79. The van der Waals surface area contributed by atoms with Crippen LogP contribution in [0.2, 0.25) is 0 Å². The molecule has 0 atom stereocenters. The third kappa shape index (κ3) is 2.99. The number of fused-ring (bicyclic) bond motifs is 6. The van der Waals surface area contributed by atoms with Crippen molar-refractivity contribution in [3.05, 3.63) is 83.6 Å². The lowest BCUT2D eigenvalue weighted by Gasteiger charge is -2.19. The summed E-state index contributed by atoms with van der Waals surface area (Å²) in [5, 5.41) is 3.84. The molecule has 0 aliphatic rings. The van der Waals surface area contributed by atoms with Crippen molar-refractivity contribution < 1.29 is 0 Å². The van der Waals surface area contributed by atoms with Gasteiger partial charge >= 0.3 is 0 Å². The van der Waals surface area contributed by atoms with Gasteiger partial charge in [0.25, 0.3) is 0 Å². The van der Waals surface area contributed by atoms with Crippen LogP contribution in [0.15, 0.2) is 66.9 Å². The average molecular weight is 393 g/mol. The van der Waals surface area contributed by atoms with Crippen molar-refractivity contribution in [3.63, 3.8) is 0 Å². The second kappa shape index (κ2) is 6.70. The summed E-state index contributed by atoms with van der Waals surface area (Å²) >= 11 is 0. The summed E-state index contributed by atoms with van der Waals surface area (Å²) in [6, 6.07) is 22.2. The van der Waals surface area contributed by atoms with E-state index in [0.717, 1.165) is 12.2 Å². The van der Waals surface area contributed by atoms with Gasteiger partial charge in [0, 0.05) is 16.3 Å². The minimum atomic E-state index is 0.256. The first-order valence-corrected chi connectivity index (χ1v) is 10.7. The lowest BCUT2D eigenvalue weighted by molar-refractivity contribution is 0.411. The number of nitrogens with zero attached hydrogens (tertiary/aromatic N) is 2. The van der Waals surface area contributed by atoms with Gasteiger partial charge in [-0.1, -0.05) is 69.3 Å². The van der Waals surface area contributed by atoms with Crippen molar-refractivity contribution in [1.29, 1.82) is 0 Å². The fourth-order valence-electron chi connectivity index (χ4n) is 4.79. The predicted octanol–water partition coefficient (Wildman–Crippen LogP) is 7.51. The van der Waals surface area contributed by atoms with Gasteiger partial charge in [-0.25, -0.2) is 4.98 Å². The molecule has 3 aromatic carbocycles. The van der Waals surface area contributed by atoms with E-state index >= 15 is 0 Å². The normalized spacial score (nSPS) is 12.3. The minimum Gasteiger partial charge on any atom is -0.292 e. The molecule has 0 amide bonds. The zero-order valence-electron chi connectivity index (χ0n) is 18.5. The Morgan fingerprint density at radius 1 is 0.767 bits per heavy atom. The van der Waals surface area contributed by atoms with Crippen LogP contribution in [0.5, 0.6) is 0 Å². The molecule has 2 nitrogen and oxygen atoms in total. The smallest absolute Gasteiger partial charge is 0.145 e. The average Bonchev–Trinajstić information content (AvgIpc) is 3.12. The van der Waals surface area contributed by atoms with E-state index in [9.17, 15) is 0 Å². The van der Waals surface area contributed by atoms with Crippen molar-refractivity contribution in [1.82, 2.24) is 9.38 Å². The first-order valence-electron chi connectivity index (χ1n) is 10.7. The molecule has 2 aromatic heterocycles. The predicted molar refractivity (Wildman–Crippen MR) is 128 cm³/mol. The van der Waals surface area contributed by atoms with Gasteiger partial charge in [0.2, 0.25) is 0 Å². The van der Waals surface area contributed by atoms with Gasteiger partial charge in [-0.3, -0.25) is 4.40 Å². The largest absolute Gasteiger partial charge is 0.292 e. The van der Waals surface area contributed by atoms with E-state index in [0.29, 0.717) is 0 Å². The number of benzene rings is 3. The number of rotatable bonds is 2. The number of aryl methyl sites for hydroxylation is 2. The molecule has 0 fully saturated rings. The molecule has 0 radical (unpaired) electrons. The molecule has 0 spiro atoms. The lowest BCUT2D eigenvalue weighted by Crippen LogP contribution is -2.09. The number of imidazole rings is 1. The maximum atomic E-state index is 4.93. The van der Waals surface area contributed by atoms with Crippen LogP contribution in [0.4, 0.5) is 0 Å². The van der Waals surface area contributed by atoms with Crippen molar-refractivity contribution in [2.45, 2.75) is 41.0 Å². The van der Waals surface area contributed by atoms with Crippen LogP contribution < -0.4 is 0 Å². The standard InChI is InChI=1S/C28H28N2/c1-18-9-8-10-19(2)26(18)27-29-17-25-22-12-7-6-11-21(22)23-15-20(16-28(3,4)5)13-14-24(23)30(25)27/h6-15,17H,16H2,1-5H3. The molecule has 0 aliphatic carbocycles. The van der Waals surface area contributed by atoms with E-state index in [4.69, 9.17) is 4.98 Å². The zero-order chi connectivity index (χ0) is 21.0. The third-order valence-electron chi connectivity index (χ3n) is 6.00. The first kappa shape index (κ1) is 18.9. The third-order valence-corrected chi connectivity index (χ3v) is 6.00. The molecule has 0 aliphatic heterocycles. The van der Waals surface area contributed by atoms with E-state index in [2.05, 4.69) is 99.7 Å². The molecule has 0 N–H and O–H groups in total. The topological polar surface area (TPSA) is 17.3 Å².